The highest BCUT2D eigenvalue weighted by Crippen LogP contribution is 2.27. The Labute approximate surface area is 200 Å². The number of hydrogen-bond acceptors (Lipinski definition) is 7. The molecule has 0 N–H and O–H groups in total. The summed E-state index contributed by atoms with van der Waals surface area (Å²) in [6, 6.07) is 10.4. The lowest BCUT2D eigenvalue weighted by molar-refractivity contribution is -0.128. The van der Waals surface area contributed by atoms with Crippen LogP contribution < -0.4 is 9.80 Å². The first-order valence-corrected chi connectivity index (χ1v) is 13.3. The third-order valence-electron chi connectivity index (χ3n) is 6.82. The number of hydrogen-bond donors (Lipinski definition) is 0. The topological polar surface area (TPSA) is 66.7 Å². The third-order valence-corrected chi connectivity index (χ3v) is 7.78. The molecule has 1 atom stereocenters. The molecule has 0 spiro atoms. The fraction of sp³-hybridized carbons (Fsp3) is 0.625. The average molecular weight is 471 g/mol. The van der Waals surface area contributed by atoms with Gasteiger partial charge in [-0.05, 0) is 44.2 Å². The fourth-order valence-corrected chi connectivity index (χ4v) is 5.78. The van der Waals surface area contributed by atoms with E-state index in [1.54, 1.807) is 0 Å². The number of thioether (sulfide) groups is 1. The van der Waals surface area contributed by atoms with Crippen LogP contribution in [-0.2, 0) is 16.1 Å². The van der Waals surface area contributed by atoms with E-state index in [0.29, 0.717) is 5.75 Å². The number of para-hydroxylation sites is 1. The summed E-state index contributed by atoms with van der Waals surface area (Å²) >= 11 is 1.52. The highest BCUT2D eigenvalue weighted by atomic mass is 32.2. The minimum absolute atomic E-state index is 0.180. The number of carbonyl (C=O) groups excluding carboxylic acids is 1. The Kier molecular flexibility index (Phi) is 7.36. The number of benzene rings is 1. The van der Waals surface area contributed by atoms with Gasteiger partial charge in [0.05, 0.1) is 18.4 Å². The molecule has 3 aliphatic rings. The van der Waals surface area contributed by atoms with Gasteiger partial charge in [-0.1, -0.05) is 30.0 Å². The van der Waals surface area contributed by atoms with Crippen molar-refractivity contribution in [1.82, 2.24) is 19.7 Å². The van der Waals surface area contributed by atoms with E-state index in [9.17, 15) is 4.79 Å². The smallest absolute Gasteiger partial charge is 0.233 e. The molecule has 2 aromatic rings. The molecular formula is C24H34N6O2S. The van der Waals surface area contributed by atoms with Crippen LogP contribution in [0.15, 0.2) is 35.5 Å². The van der Waals surface area contributed by atoms with Crippen molar-refractivity contribution >= 4 is 29.3 Å². The number of piperazine rings is 1. The first-order valence-electron chi connectivity index (χ1n) is 12.3. The van der Waals surface area contributed by atoms with Crippen LogP contribution >= 0.6 is 11.8 Å². The minimum atomic E-state index is 0.180. The normalized spacial score (nSPS) is 21.6. The predicted octanol–water partition coefficient (Wildman–Crippen LogP) is 2.89. The van der Waals surface area contributed by atoms with Gasteiger partial charge in [0.25, 0.3) is 0 Å². The summed E-state index contributed by atoms with van der Waals surface area (Å²) in [5.74, 6) is 1.52. The van der Waals surface area contributed by atoms with Crippen LogP contribution in [0.1, 0.15) is 32.1 Å². The Morgan fingerprint density at radius 3 is 2.45 bits per heavy atom. The molecule has 3 fully saturated rings. The molecule has 3 aliphatic heterocycles. The van der Waals surface area contributed by atoms with Gasteiger partial charge >= 0.3 is 0 Å². The lowest BCUT2D eigenvalue weighted by atomic mass is 10.1. The number of amides is 1. The number of ether oxygens (including phenoxy) is 1. The van der Waals surface area contributed by atoms with Crippen LogP contribution in [-0.4, -0.2) is 83.3 Å². The molecule has 0 saturated carbocycles. The molecule has 8 nitrogen and oxygen atoms in total. The van der Waals surface area contributed by atoms with Gasteiger partial charge in [0.15, 0.2) is 5.16 Å². The molecular weight excluding hydrogens is 436 g/mol. The quantitative estimate of drug-likeness (QED) is 0.577. The maximum absolute atomic E-state index is 13.0. The number of piperidine rings is 1. The van der Waals surface area contributed by atoms with Gasteiger partial charge < -0.3 is 19.4 Å². The molecule has 1 amide bonds. The first kappa shape index (κ1) is 22.5. The van der Waals surface area contributed by atoms with Crippen LogP contribution in [0, 0.1) is 0 Å². The Morgan fingerprint density at radius 2 is 1.73 bits per heavy atom. The molecule has 1 aromatic carbocycles. The number of rotatable bonds is 7. The zero-order chi connectivity index (χ0) is 22.5. The maximum Gasteiger partial charge on any atom is 0.233 e. The van der Waals surface area contributed by atoms with Gasteiger partial charge in [-0.2, -0.15) is 0 Å². The molecule has 0 radical (unpaired) electrons. The molecule has 178 valence electrons. The standard InChI is InChI=1S/C24H34N6O2S/c31-22(28-15-13-27(14-16-28)20-8-3-1-4-9-20)19-33-24-26-25-23(29-11-5-2-6-12-29)30(24)18-21-10-7-17-32-21/h1,3-4,8-9,21H,2,5-7,10-19H2. The van der Waals surface area contributed by atoms with Crippen molar-refractivity contribution in [2.75, 3.05) is 61.4 Å². The van der Waals surface area contributed by atoms with E-state index in [4.69, 9.17) is 4.74 Å². The Morgan fingerprint density at radius 1 is 0.939 bits per heavy atom. The first-order chi connectivity index (χ1) is 16.3. The molecule has 1 aromatic heterocycles. The minimum Gasteiger partial charge on any atom is -0.376 e. The van der Waals surface area contributed by atoms with Crippen molar-refractivity contribution < 1.29 is 9.53 Å². The van der Waals surface area contributed by atoms with E-state index in [0.717, 1.165) is 76.4 Å². The summed E-state index contributed by atoms with van der Waals surface area (Å²) in [6.07, 6.45) is 6.08. The summed E-state index contributed by atoms with van der Waals surface area (Å²) < 4.78 is 8.11. The summed E-state index contributed by atoms with van der Waals surface area (Å²) in [4.78, 5) is 19.7. The van der Waals surface area contributed by atoms with Gasteiger partial charge in [-0.3, -0.25) is 9.36 Å². The Bertz CT molecular complexity index is 903. The zero-order valence-corrected chi connectivity index (χ0v) is 20.1. The predicted molar refractivity (Wildman–Crippen MR) is 131 cm³/mol. The molecule has 33 heavy (non-hydrogen) atoms. The molecule has 0 aliphatic carbocycles. The Balaban J connectivity index is 1.20. The highest BCUT2D eigenvalue weighted by Gasteiger charge is 2.26. The van der Waals surface area contributed by atoms with Crippen molar-refractivity contribution in [2.24, 2.45) is 0 Å². The van der Waals surface area contributed by atoms with E-state index in [-0.39, 0.29) is 12.0 Å². The lowest BCUT2D eigenvalue weighted by Crippen LogP contribution is -2.49. The number of anilines is 2. The second-order valence-electron chi connectivity index (χ2n) is 9.07. The summed E-state index contributed by atoms with van der Waals surface area (Å²) in [5.41, 5.74) is 1.23. The summed E-state index contributed by atoms with van der Waals surface area (Å²) in [7, 11) is 0. The molecule has 0 bridgehead atoms. The van der Waals surface area contributed by atoms with Crippen LogP contribution in [0.4, 0.5) is 11.6 Å². The summed E-state index contributed by atoms with van der Waals surface area (Å²) in [5, 5.41) is 9.88. The fourth-order valence-electron chi connectivity index (χ4n) is 4.94. The summed E-state index contributed by atoms with van der Waals surface area (Å²) in [6.45, 7) is 6.92. The van der Waals surface area contributed by atoms with E-state index < -0.39 is 0 Å². The monoisotopic (exact) mass is 470 g/mol. The number of nitrogens with zero attached hydrogens (tertiary/aromatic N) is 6. The van der Waals surface area contributed by atoms with Crippen molar-refractivity contribution in [2.45, 2.75) is 49.9 Å². The molecule has 4 heterocycles. The van der Waals surface area contributed by atoms with Crippen LogP contribution in [0.3, 0.4) is 0 Å². The second-order valence-corrected chi connectivity index (χ2v) is 10.0. The van der Waals surface area contributed by atoms with Gasteiger partial charge in [0, 0.05) is 51.6 Å². The molecule has 3 saturated heterocycles. The van der Waals surface area contributed by atoms with Crippen LogP contribution in [0.5, 0.6) is 0 Å². The number of aromatic nitrogens is 3. The van der Waals surface area contributed by atoms with E-state index >= 15 is 0 Å². The maximum atomic E-state index is 13.0. The van der Waals surface area contributed by atoms with Crippen molar-refractivity contribution in [1.29, 1.82) is 0 Å². The van der Waals surface area contributed by atoms with E-state index in [2.05, 4.69) is 48.8 Å². The second kappa shape index (κ2) is 10.8. The van der Waals surface area contributed by atoms with Crippen molar-refractivity contribution in [3.8, 4) is 0 Å². The van der Waals surface area contributed by atoms with Gasteiger partial charge in [0.1, 0.15) is 0 Å². The van der Waals surface area contributed by atoms with E-state index in [1.807, 2.05) is 11.0 Å². The average Bonchev–Trinajstić information content (AvgIpc) is 3.54. The molecule has 1 unspecified atom stereocenters. The highest BCUT2D eigenvalue weighted by molar-refractivity contribution is 7.99. The molecule has 5 rings (SSSR count). The van der Waals surface area contributed by atoms with Crippen LogP contribution in [0.2, 0.25) is 0 Å². The van der Waals surface area contributed by atoms with E-state index in [1.165, 1.54) is 36.7 Å². The Hall–Kier alpha value is -2.26. The van der Waals surface area contributed by atoms with Crippen LogP contribution in [0.25, 0.3) is 0 Å². The largest absolute Gasteiger partial charge is 0.376 e. The van der Waals surface area contributed by atoms with Gasteiger partial charge in [-0.15, -0.1) is 10.2 Å². The molecule has 9 heteroatoms. The van der Waals surface area contributed by atoms with Crippen molar-refractivity contribution in [3.63, 3.8) is 0 Å². The number of carbonyl (C=O) groups is 1. The van der Waals surface area contributed by atoms with Gasteiger partial charge in [0.2, 0.25) is 11.9 Å². The van der Waals surface area contributed by atoms with Gasteiger partial charge in [-0.25, -0.2) is 0 Å². The third kappa shape index (κ3) is 5.46. The zero-order valence-electron chi connectivity index (χ0n) is 19.3. The van der Waals surface area contributed by atoms with Crippen molar-refractivity contribution in [3.05, 3.63) is 30.3 Å². The lowest BCUT2D eigenvalue weighted by Gasteiger charge is -2.36. The SMILES string of the molecule is O=C(CSc1nnc(N2CCCCC2)n1CC1CCCO1)N1CCN(c2ccccc2)CC1.